The number of nitrogens with two attached hydrogens (primary N) is 1. The minimum absolute atomic E-state index is 0.0505. The first kappa shape index (κ1) is 12.3. The van der Waals surface area contributed by atoms with Gasteiger partial charge in [0.15, 0.2) is 0 Å². The van der Waals surface area contributed by atoms with Crippen LogP contribution >= 0.6 is 11.6 Å². The van der Waals surface area contributed by atoms with E-state index in [1.165, 1.54) is 38.0 Å². The molecule has 2 aliphatic rings. The number of anilines is 1. The van der Waals surface area contributed by atoms with E-state index in [1.54, 1.807) is 0 Å². The fourth-order valence-electron chi connectivity index (χ4n) is 3.49. The van der Waals surface area contributed by atoms with Crippen molar-refractivity contribution in [2.45, 2.75) is 32.2 Å². The maximum atomic E-state index is 6.41. The molecule has 2 nitrogen and oxygen atoms in total. The molecule has 2 N–H and O–H groups in total. The lowest BCUT2D eigenvalue weighted by Gasteiger charge is -2.22. The molecule has 18 heavy (non-hydrogen) atoms. The van der Waals surface area contributed by atoms with Crippen molar-refractivity contribution in [3.8, 4) is 0 Å². The molecule has 1 saturated carbocycles. The number of benzene rings is 1. The first-order valence-electron chi connectivity index (χ1n) is 6.95. The van der Waals surface area contributed by atoms with Crippen molar-refractivity contribution in [3.63, 3.8) is 0 Å². The predicted octanol–water partition coefficient (Wildman–Crippen LogP) is 3.60. The fraction of sp³-hybridized carbons (Fsp3) is 0.600. The smallest absolute Gasteiger partial charge is 0.0642 e. The normalized spacial score (nSPS) is 28.5. The summed E-state index contributed by atoms with van der Waals surface area (Å²) in [6, 6.07) is 6.33. The average Bonchev–Trinajstić information content (AvgIpc) is 2.88. The number of rotatable bonds is 2. The Kier molecular flexibility index (Phi) is 3.25. The van der Waals surface area contributed by atoms with Crippen molar-refractivity contribution in [1.82, 2.24) is 0 Å². The Hall–Kier alpha value is -0.730. The zero-order chi connectivity index (χ0) is 12.7. The summed E-state index contributed by atoms with van der Waals surface area (Å²) in [6.07, 6.45) is 4.22. The van der Waals surface area contributed by atoms with Crippen LogP contribution in [0.4, 0.5) is 5.69 Å². The highest BCUT2D eigenvalue weighted by Crippen LogP contribution is 2.41. The van der Waals surface area contributed by atoms with E-state index in [9.17, 15) is 0 Å². The average molecular weight is 265 g/mol. The lowest BCUT2D eigenvalue weighted by Crippen LogP contribution is -2.21. The van der Waals surface area contributed by atoms with Crippen LogP contribution in [0.3, 0.4) is 0 Å². The van der Waals surface area contributed by atoms with Gasteiger partial charge >= 0.3 is 0 Å². The molecule has 0 amide bonds. The molecule has 1 aliphatic carbocycles. The molecule has 3 rings (SSSR count). The van der Waals surface area contributed by atoms with Crippen LogP contribution in [0.25, 0.3) is 0 Å². The summed E-state index contributed by atoms with van der Waals surface area (Å²) in [4.78, 5) is 2.46. The van der Waals surface area contributed by atoms with Crippen molar-refractivity contribution >= 4 is 17.3 Å². The van der Waals surface area contributed by atoms with E-state index in [2.05, 4.69) is 17.0 Å². The summed E-state index contributed by atoms with van der Waals surface area (Å²) in [7, 11) is 0. The van der Waals surface area contributed by atoms with Crippen molar-refractivity contribution in [2.24, 2.45) is 17.6 Å². The minimum atomic E-state index is 0.0505. The Morgan fingerprint density at radius 1 is 1.28 bits per heavy atom. The van der Waals surface area contributed by atoms with E-state index in [4.69, 9.17) is 17.3 Å². The molecular formula is C15H21ClN2. The Balaban J connectivity index is 1.81. The Bertz CT molecular complexity index is 432. The summed E-state index contributed by atoms with van der Waals surface area (Å²) < 4.78 is 0. The number of nitrogens with zero attached hydrogens (tertiary/aromatic N) is 1. The zero-order valence-electron chi connectivity index (χ0n) is 10.9. The Morgan fingerprint density at radius 3 is 2.50 bits per heavy atom. The molecule has 3 atom stereocenters. The van der Waals surface area contributed by atoms with E-state index in [-0.39, 0.29) is 6.04 Å². The molecule has 1 heterocycles. The third kappa shape index (κ3) is 2.12. The summed E-state index contributed by atoms with van der Waals surface area (Å²) in [5.74, 6) is 1.79. The molecule has 0 aromatic heterocycles. The van der Waals surface area contributed by atoms with Crippen LogP contribution in [-0.2, 0) is 0 Å². The summed E-state index contributed by atoms with van der Waals surface area (Å²) in [5.41, 5.74) is 8.19. The fourth-order valence-corrected chi connectivity index (χ4v) is 3.80. The minimum Gasteiger partial charge on any atom is -0.370 e. The standard InChI is InChI=1S/C15H21ClN2/c1-10(17)11-5-6-15(14(16)7-11)18-8-12-3-2-4-13(12)9-18/h5-7,10,12-13H,2-4,8-9,17H2,1H3/t10-,12?,13?/m1/s1. The summed E-state index contributed by atoms with van der Waals surface area (Å²) >= 11 is 6.41. The van der Waals surface area contributed by atoms with Gasteiger partial charge < -0.3 is 10.6 Å². The van der Waals surface area contributed by atoms with Gasteiger partial charge in [-0.15, -0.1) is 0 Å². The molecule has 1 aromatic carbocycles. The Morgan fingerprint density at radius 2 is 1.94 bits per heavy atom. The number of fused-ring (bicyclic) bond motifs is 1. The van der Waals surface area contributed by atoms with Crippen LogP contribution < -0.4 is 10.6 Å². The molecule has 0 radical (unpaired) electrons. The molecule has 0 spiro atoms. The van der Waals surface area contributed by atoms with Crippen molar-refractivity contribution in [1.29, 1.82) is 0 Å². The first-order chi connectivity index (χ1) is 8.65. The van der Waals surface area contributed by atoms with Gasteiger partial charge in [0, 0.05) is 19.1 Å². The van der Waals surface area contributed by atoms with E-state index < -0.39 is 0 Å². The maximum Gasteiger partial charge on any atom is 0.0642 e. The lowest BCUT2D eigenvalue weighted by atomic mass is 10.0. The molecule has 1 saturated heterocycles. The molecule has 2 fully saturated rings. The number of hydrogen-bond acceptors (Lipinski definition) is 2. The molecule has 3 heteroatoms. The summed E-state index contributed by atoms with van der Waals surface area (Å²) in [6.45, 7) is 4.36. The summed E-state index contributed by atoms with van der Waals surface area (Å²) in [5, 5.41) is 0.852. The second kappa shape index (κ2) is 4.75. The molecule has 0 bridgehead atoms. The second-order valence-electron chi connectivity index (χ2n) is 5.86. The quantitative estimate of drug-likeness (QED) is 0.884. The van der Waals surface area contributed by atoms with Gasteiger partial charge in [0.25, 0.3) is 0 Å². The molecule has 1 aliphatic heterocycles. The molecular weight excluding hydrogens is 244 g/mol. The molecule has 98 valence electrons. The van der Waals surface area contributed by atoms with E-state index in [1.807, 2.05) is 13.0 Å². The van der Waals surface area contributed by atoms with Crippen molar-refractivity contribution < 1.29 is 0 Å². The van der Waals surface area contributed by atoms with Gasteiger partial charge in [-0.2, -0.15) is 0 Å². The Labute approximate surface area is 114 Å². The highest BCUT2D eigenvalue weighted by Gasteiger charge is 2.36. The lowest BCUT2D eigenvalue weighted by molar-refractivity contribution is 0.494. The van der Waals surface area contributed by atoms with Crippen LogP contribution in [0.15, 0.2) is 18.2 Å². The van der Waals surface area contributed by atoms with Crippen LogP contribution in [-0.4, -0.2) is 13.1 Å². The van der Waals surface area contributed by atoms with Gasteiger partial charge in [0.1, 0.15) is 0 Å². The van der Waals surface area contributed by atoms with Crippen LogP contribution in [0.2, 0.25) is 5.02 Å². The van der Waals surface area contributed by atoms with Crippen molar-refractivity contribution in [3.05, 3.63) is 28.8 Å². The molecule has 2 unspecified atom stereocenters. The van der Waals surface area contributed by atoms with Crippen LogP contribution in [0.5, 0.6) is 0 Å². The van der Waals surface area contributed by atoms with Gasteiger partial charge in [-0.25, -0.2) is 0 Å². The van der Waals surface area contributed by atoms with Gasteiger partial charge in [-0.05, 0) is 49.3 Å². The van der Waals surface area contributed by atoms with Gasteiger partial charge in [-0.1, -0.05) is 24.1 Å². The third-order valence-corrected chi connectivity index (χ3v) is 4.87. The predicted molar refractivity (Wildman–Crippen MR) is 77.1 cm³/mol. The van der Waals surface area contributed by atoms with Gasteiger partial charge in [0.2, 0.25) is 0 Å². The number of hydrogen-bond donors (Lipinski definition) is 1. The topological polar surface area (TPSA) is 29.3 Å². The second-order valence-corrected chi connectivity index (χ2v) is 6.26. The zero-order valence-corrected chi connectivity index (χ0v) is 11.7. The van der Waals surface area contributed by atoms with E-state index in [0.717, 1.165) is 22.4 Å². The highest BCUT2D eigenvalue weighted by atomic mass is 35.5. The monoisotopic (exact) mass is 264 g/mol. The highest BCUT2D eigenvalue weighted by molar-refractivity contribution is 6.33. The SMILES string of the molecule is C[C@@H](N)c1ccc(N2CC3CCCC3C2)c(Cl)c1. The molecule has 1 aromatic rings. The maximum absolute atomic E-state index is 6.41. The van der Waals surface area contributed by atoms with E-state index >= 15 is 0 Å². The number of halogens is 1. The first-order valence-corrected chi connectivity index (χ1v) is 7.33. The van der Waals surface area contributed by atoms with Crippen LogP contribution in [0.1, 0.15) is 37.8 Å². The van der Waals surface area contributed by atoms with Crippen molar-refractivity contribution in [2.75, 3.05) is 18.0 Å². The van der Waals surface area contributed by atoms with E-state index in [0.29, 0.717) is 0 Å². The third-order valence-electron chi connectivity index (χ3n) is 4.56. The van der Waals surface area contributed by atoms with Gasteiger partial charge in [0.05, 0.1) is 10.7 Å². The van der Waals surface area contributed by atoms with Crippen LogP contribution in [0, 0.1) is 11.8 Å². The largest absolute Gasteiger partial charge is 0.370 e. The van der Waals surface area contributed by atoms with Gasteiger partial charge in [-0.3, -0.25) is 0 Å².